The average Bonchev–Trinajstić information content (AvgIpc) is 2.76. The molecule has 1 aromatic heterocycles. The topological polar surface area (TPSA) is 22.0 Å². The van der Waals surface area contributed by atoms with E-state index in [-0.39, 0.29) is 0 Å². The lowest BCUT2D eigenvalue weighted by atomic mass is 10.1. The minimum absolute atomic E-state index is 0.755. The molecule has 0 unspecified atom stereocenters. The van der Waals surface area contributed by atoms with Crippen molar-refractivity contribution in [2.24, 2.45) is 0 Å². The number of hydrogen-bond donors (Lipinski definition) is 0. The first-order chi connectivity index (χ1) is 9.67. The fraction of sp³-hybridized carbons (Fsp3) is 0.167. The Bertz CT molecular complexity index is 763. The third-order valence-electron chi connectivity index (χ3n) is 3.58. The van der Waals surface area contributed by atoms with Gasteiger partial charge in [-0.3, -0.25) is 4.79 Å². The van der Waals surface area contributed by atoms with Gasteiger partial charge in [0, 0.05) is 29.2 Å². The molecule has 0 aliphatic heterocycles. The summed E-state index contributed by atoms with van der Waals surface area (Å²) >= 11 is 0. The average molecular weight is 263 g/mol. The minimum Gasteiger partial charge on any atom is -0.342 e. The van der Waals surface area contributed by atoms with Gasteiger partial charge in [0.1, 0.15) is 0 Å². The van der Waals surface area contributed by atoms with Crippen molar-refractivity contribution in [2.75, 3.05) is 0 Å². The molecule has 0 radical (unpaired) electrons. The molecule has 0 aliphatic carbocycles. The second kappa shape index (κ2) is 4.97. The molecule has 0 N–H and O–H groups in total. The van der Waals surface area contributed by atoms with E-state index in [1.165, 1.54) is 16.7 Å². The van der Waals surface area contributed by atoms with Gasteiger partial charge in [-0.25, -0.2) is 0 Å². The zero-order valence-corrected chi connectivity index (χ0v) is 11.8. The number of aromatic nitrogens is 1. The van der Waals surface area contributed by atoms with Crippen molar-refractivity contribution in [2.45, 2.75) is 20.4 Å². The van der Waals surface area contributed by atoms with E-state index < -0.39 is 0 Å². The molecular weight excluding hydrogens is 246 g/mol. The molecule has 0 amide bonds. The van der Waals surface area contributed by atoms with E-state index in [0.717, 1.165) is 29.3 Å². The van der Waals surface area contributed by atoms with Crippen LogP contribution in [0, 0.1) is 13.8 Å². The molecule has 0 saturated heterocycles. The Morgan fingerprint density at radius 1 is 1.05 bits per heavy atom. The first-order valence-electron chi connectivity index (χ1n) is 6.77. The van der Waals surface area contributed by atoms with Crippen molar-refractivity contribution < 1.29 is 4.79 Å². The zero-order valence-electron chi connectivity index (χ0n) is 11.8. The van der Waals surface area contributed by atoms with Crippen molar-refractivity contribution in [3.8, 4) is 0 Å². The number of aryl methyl sites for hydroxylation is 2. The van der Waals surface area contributed by atoms with Crippen molar-refractivity contribution in [1.82, 2.24) is 4.57 Å². The fourth-order valence-corrected chi connectivity index (χ4v) is 2.86. The molecule has 0 aliphatic rings. The molecular formula is C18H17NO. The van der Waals surface area contributed by atoms with Crippen LogP contribution in [0.4, 0.5) is 0 Å². The summed E-state index contributed by atoms with van der Waals surface area (Å²) in [7, 11) is 0. The maximum Gasteiger partial charge on any atom is 0.152 e. The quantitative estimate of drug-likeness (QED) is 0.651. The van der Waals surface area contributed by atoms with Gasteiger partial charge in [0.05, 0.1) is 0 Å². The summed E-state index contributed by atoms with van der Waals surface area (Å²) in [6, 6.07) is 14.6. The van der Waals surface area contributed by atoms with Gasteiger partial charge < -0.3 is 4.57 Å². The Kier molecular flexibility index (Phi) is 3.15. The maximum absolute atomic E-state index is 11.2. The van der Waals surface area contributed by atoms with Gasteiger partial charge in [-0.2, -0.15) is 0 Å². The van der Waals surface area contributed by atoms with Gasteiger partial charge in [0.15, 0.2) is 6.29 Å². The maximum atomic E-state index is 11.2. The van der Waals surface area contributed by atoms with Crippen LogP contribution in [0.15, 0.2) is 48.7 Å². The lowest BCUT2D eigenvalue weighted by Crippen LogP contribution is -1.98. The second-order valence-electron chi connectivity index (χ2n) is 5.34. The van der Waals surface area contributed by atoms with E-state index in [1.54, 1.807) is 0 Å². The number of para-hydroxylation sites is 1. The van der Waals surface area contributed by atoms with Crippen molar-refractivity contribution in [1.29, 1.82) is 0 Å². The highest BCUT2D eigenvalue weighted by molar-refractivity contribution is 5.97. The van der Waals surface area contributed by atoms with E-state index in [4.69, 9.17) is 0 Å². The highest BCUT2D eigenvalue weighted by Crippen LogP contribution is 2.21. The lowest BCUT2D eigenvalue weighted by molar-refractivity contribution is 0.112. The van der Waals surface area contributed by atoms with Crippen LogP contribution in [0.3, 0.4) is 0 Å². The largest absolute Gasteiger partial charge is 0.342 e. The summed E-state index contributed by atoms with van der Waals surface area (Å²) in [5, 5.41) is 1.02. The highest BCUT2D eigenvalue weighted by Gasteiger charge is 2.07. The molecule has 100 valence electrons. The zero-order chi connectivity index (χ0) is 14.1. The van der Waals surface area contributed by atoms with E-state index in [9.17, 15) is 4.79 Å². The number of carbonyl (C=O) groups is 1. The first kappa shape index (κ1) is 12.7. The lowest BCUT2D eigenvalue weighted by Gasteiger charge is -2.08. The van der Waals surface area contributed by atoms with E-state index in [2.05, 4.69) is 42.7 Å². The number of carbonyl (C=O) groups excluding carboxylic acids is 1. The second-order valence-corrected chi connectivity index (χ2v) is 5.34. The fourth-order valence-electron chi connectivity index (χ4n) is 2.86. The standard InChI is InChI=1S/C18H17NO/c1-13-7-14(2)9-15(8-13)10-19-11-16(12-20)17-5-3-4-6-18(17)19/h3-9,11-12H,10H2,1-2H3. The van der Waals surface area contributed by atoms with Crippen LogP contribution < -0.4 is 0 Å². The summed E-state index contributed by atoms with van der Waals surface area (Å²) in [5.41, 5.74) is 5.67. The van der Waals surface area contributed by atoms with Crippen LogP contribution in [0.5, 0.6) is 0 Å². The van der Waals surface area contributed by atoms with Crippen molar-refractivity contribution in [3.05, 3.63) is 70.9 Å². The number of aldehydes is 1. The SMILES string of the molecule is Cc1cc(C)cc(Cn2cc(C=O)c3ccccc32)c1. The molecule has 3 rings (SSSR count). The summed E-state index contributed by atoms with van der Waals surface area (Å²) in [5.74, 6) is 0. The third kappa shape index (κ3) is 2.25. The molecule has 0 atom stereocenters. The smallest absolute Gasteiger partial charge is 0.152 e. The summed E-state index contributed by atoms with van der Waals surface area (Å²) in [6.07, 6.45) is 2.87. The number of nitrogens with zero attached hydrogens (tertiary/aromatic N) is 1. The number of fused-ring (bicyclic) bond motifs is 1. The van der Waals surface area contributed by atoms with Gasteiger partial charge >= 0.3 is 0 Å². The molecule has 3 aromatic rings. The van der Waals surface area contributed by atoms with E-state index in [0.29, 0.717) is 0 Å². The van der Waals surface area contributed by atoms with E-state index >= 15 is 0 Å². The molecule has 20 heavy (non-hydrogen) atoms. The molecule has 2 nitrogen and oxygen atoms in total. The number of benzene rings is 2. The van der Waals surface area contributed by atoms with Crippen LogP contribution >= 0.6 is 0 Å². The van der Waals surface area contributed by atoms with Crippen LogP contribution in [0.25, 0.3) is 10.9 Å². The van der Waals surface area contributed by atoms with Gasteiger partial charge in [0.25, 0.3) is 0 Å². The Hall–Kier alpha value is -2.35. The van der Waals surface area contributed by atoms with E-state index in [1.807, 2.05) is 24.4 Å². The molecule has 2 heteroatoms. The van der Waals surface area contributed by atoms with Gasteiger partial charge in [0.2, 0.25) is 0 Å². The predicted octanol–water partition coefficient (Wildman–Crippen LogP) is 4.12. The summed E-state index contributed by atoms with van der Waals surface area (Å²) < 4.78 is 2.15. The monoisotopic (exact) mass is 263 g/mol. The molecule has 0 spiro atoms. The Labute approximate surface area is 118 Å². The molecule has 1 heterocycles. The highest BCUT2D eigenvalue weighted by atomic mass is 16.1. The Balaban J connectivity index is 2.08. The van der Waals surface area contributed by atoms with Gasteiger partial charge in [-0.1, -0.05) is 47.5 Å². The third-order valence-corrected chi connectivity index (χ3v) is 3.58. The minimum atomic E-state index is 0.755. The molecule has 0 fully saturated rings. The van der Waals surface area contributed by atoms with Crippen LogP contribution in [-0.4, -0.2) is 10.9 Å². The normalized spacial score (nSPS) is 10.9. The molecule has 0 saturated carbocycles. The van der Waals surface area contributed by atoms with Crippen LogP contribution in [0.1, 0.15) is 27.0 Å². The Morgan fingerprint density at radius 3 is 2.45 bits per heavy atom. The predicted molar refractivity (Wildman–Crippen MR) is 82.3 cm³/mol. The van der Waals surface area contributed by atoms with Crippen molar-refractivity contribution in [3.63, 3.8) is 0 Å². The van der Waals surface area contributed by atoms with Gasteiger partial charge in [-0.05, 0) is 25.5 Å². The van der Waals surface area contributed by atoms with Gasteiger partial charge in [-0.15, -0.1) is 0 Å². The molecule has 0 bridgehead atoms. The van der Waals surface area contributed by atoms with Crippen molar-refractivity contribution >= 4 is 17.2 Å². The Morgan fingerprint density at radius 2 is 1.75 bits per heavy atom. The first-order valence-corrected chi connectivity index (χ1v) is 6.77. The number of rotatable bonds is 3. The van der Waals surface area contributed by atoms with Crippen LogP contribution in [-0.2, 0) is 6.54 Å². The summed E-state index contributed by atoms with van der Waals surface area (Å²) in [4.78, 5) is 11.2. The molecule has 2 aromatic carbocycles. The number of hydrogen-bond acceptors (Lipinski definition) is 1. The summed E-state index contributed by atoms with van der Waals surface area (Å²) in [6.45, 7) is 5.01. The van der Waals surface area contributed by atoms with Crippen LogP contribution in [0.2, 0.25) is 0 Å².